The minimum Gasteiger partial charge on any atom is -0.507 e. The highest BCUT2D eigenvalue weighted by atomic mass is 16.3. The van der Waals surface area contributed by atoms with Crippen molar-refractivity contribution in [3.63, 3.8) is 0 Å². The van der Waals surface area contributed by atoms with Crippen LogP contribution in [0, 0.1) is 0 Å². The number of phenolic OH excluding ortho intramolecular Hbond substituents is 1. The number of aromatic nitrogens is 1. The molecule has 0 atom stereocenters. The maximum atomic E-state index is 12.1. The summed E-state index contributed by atoms with van der Waals surface area (Å²) in [6.45, 7) is 2.07. The molecule has 140 valence electrons. The summed E-state index contributed by atoms with van der Waals surface area (Å²) >= 11 is 0. The lowest BCUT2D eigenvalue weighted by atomic mass is 10.1. The number of phenols is 1. The van der Waals surface area contributed by atoms with Gasteiger partial charge in [0.1, 0.15) is 17.0 Å². The molecule has 2 N–H and O–H groups in total. The largest absolute Gasteiger partial charge is 0.507 e. The lowest BCUT2D eigenvalue weighted by Gasteiger charge is -2.05. The summed E-state index contributed by atoms with van der Waals surface area (Å²) in [5.41, 5.74) is 3.44. The number of nitrogens with one attached hydrogen (secondary N) is 1. The van der Waals surface area contributed by atoms with Crippen LogP contribution in [-0.4, -0.2) is 16.0 Å². The van der Waals surface area contributed by atoms with Gasteiger partial charge in [-0.2, -0.15) is 0 Å². The molecule has 2 heterocycles. The molecule has 0 saturated heterocycles. The fraction of sp³-hybridized carbons (Fsp3) is 0.0909. The number of carbonyl (C=O) groups excluding carboxylic acids is 1. The first kappa shape index (κ1) is 17.6. The van der Waals surface area contributed by atoms with Gasteiger partial charge in [0, 0.05) is 11.8 Å². The highest BCUT2D eigenvalue weighted by Crippen LogP contribution is 2.33. The van der Waals surface area contributed by atoms with Gasteiger partial charge in [-0.05, 0) is 60.5 Å². The summed E-state index contributed by atoms with van der Waals surface area (Å²) in [5, 5.41) is 13.0. The Bertz CT molecular complexity index is 1160. The molecule has 6 heteroatoms. The molecule has 0 unspecified atom stereocenters. The predicted molar refractivity (Wildman–Crippen MR) is 107 cm³/mol. The number of rotatable bonds is 5. The zero-order valence-corrected chi connectivity index (χ0v) is 15.2. The van der Waals surface area contributed by atoms with Gasteiger partial charge in [-0.1, -0.05) is 13.0 Å². The van der Waals surface area contributed by atoms with Gasteiger partial charge < -0.3 is 19.3 Å². The Morgan fingerprint density at radius 2 is 2.11 bits per heavy atom. The molecule has 0 fully saturated rings. The molecule has 4 rings (SSSR count). The molecule has 0 aliphatic heterocycles. The van der Waals surface area contributed by atoms with Crippen molar-refractivity contribution in [1.29, 1.82) is 0 Å². The number of aryl methyl sites for hydroxylation is 1. The van der Waals surface area contributed by atoms with Crippen molar-refractivity contribution in [3.05, 3.63) is 72.2 Å². The topological polar surface area (TPSA) is 88.5 Å². The Morgan fingerprint density at radius 1 is 1.21 bits per heavy atom. The second-order valence-corrected chi connectivity index (χ2v) is 6.24. The number of hydrogen-bond donors (Lipinski definition) is 2. The average molecular weight is 374 g/mol. The van der Waals surface area contributed by atoms with E-state index < -0.39 is 0 Å². The van der Waals surface area contributed by atoms with Crippen molar-refractivity contribution in [3.8, 4) is 17.2 Å². The van der Waals surface area contributed by atoms with Crippen LogP contribution in [0.5, 0.6) is 5.75 Å². The van der Waals surface area contributed by atoms with E-state index in [9.17, 15) is 9.90 Å². The van der Waals surface area contributed by atoms with E-state index in [1.54, 1.807) is 30.3 Å². The van der Waals surface area contributed by atoms with Crippen LogP contribution in [0.15, 0.2) is 69.7 Å². The number of aromatic hydroxyl groups is 1. The maximum Gasteiger partial charge on any atom is 0.248 e. The highest BCUT2D eigenvalue weighted by Gasteiger charge is 2.14. The van der Waals surface area contributed by atoms with Gasteiger partial charge in [0.05, 0.1) is 11.8 Å². The number of oxazole rings is 1. The van der Waals surface area contributed by atoms with Gasteiger partial charge in [-0.3, -0.25) is 4.79 Å². The average Bonchev–Trinajstić information content (AvgIpc) is 3.36. The van der Waals surface area contributed by atoms with Gasteiger partial charge in [0.15, 0.2) is 5.58 Å². The van der Waals surface area contributed by atoms with E-state index in [0.29, 0.717) is 28.5 Å². The first-order valence-electron chi connectivity index (χ1n) is 8.88. The number of amides is 1. The Labute approximate surface area is 161 Å². The number of fused-ring (bicyclic) bond motifs is 1. The van der Waals surface area contributed by atoms with E-state index in [0.717, 1.165) is 17.5 Å². The molecule has 2 aromatic heterocycles. The van der Waals surface area contributed by atoms with Gasteiger partial charge in [-0.25, -0.2) is 4.98 Å². The summed E-state index contributed by atoms with van der Waals surface area (Å²) in [6, 6.07) is 14.0. The SMILES string of the molecule is CCc1ccc2oc(-c3cc(NC(=O)C=Cc4ccco4)ccc3O)nc2c1. The van der Waals surface area contributed by atoms with E-state index in [1.165, 1.54) is 18.4 Å². The number of benzene rings is 2. The number of nitrogens with zero attached hydrogens (tertiary/aromatic N) is 1. The molecule has 0 spiro atoms. The van der Waals surface area contributed by atoms with Crippen molar-refractivity contribution in [2.75, 3.05) is 5.32 Å². The molecule has 0 aliphatic carbocycles. The number of hydrogen-bond acceptors (Lipinski definition) is 5. The molecule has 28 heavy (non-hydrogen) atoms. The molecule has 0 radical (unpaired) electrons. The standard InChI is InChI=1S/C22H18N2O4/c1-2-14-5-9-20-18(12-14)24-22(28-20)17-13-15(6-8-19(17)25)23-21(26)10-7-16-4-3-11-27-16/h3-13,25H,2H2,1H3,(H,23,26). The third kappa shape index (κ3) is 3.66. The minimum atomic E-state index is -0.321. The van der Waals surface area contributed by atoms with Gasteiger partial charge in [0.2, 0.25) is 11.8 Å². The van der Waals surface area contributed by atoms with E-state index >= 15 is 0 Å². The lowest BCUT2D eigenvalue weighted by Crippen LogP contribution is -2.07. The Morgan fingerprint density at radius 3 is 2.89 bits per heavy atom. The minimum absolute atomic E-state index is 0.0198. The molecular weight excluding hydrogens is 356 g/mol. The summed E-state index contributed by atoms with van der Waals surface area (Å²) in [7, 11) is 0. The Balaban J connectivity index is 1.59. The number of furan rings is 1. The summed E-state index contributed by atoms with van der Waals surface area (Å²) in [5.74, 6) is 0.576. The van der Waals surface area contributed by atoms with Crippen LogP contribution >= 0.6 is 0 Å². The van der Waals surface area contributed by atoms with Crippen LogP contribution in [0.25, 0.3) is 28.6 Å². The second kappa shape index (κ2) is 7.44. The van der Waals surface area contributed by atoms with Crippen molar-refractivity contribution < 1.29 is 18.7 Å². The van der Waals surface area contributed by atoms with Crippen molar-refractivity contribution in [2.45, 2.75) is 13.3 Å². The summed E-state index contributed by atoms with van der Waals surface area (Å²) in [6.07, 6.45) is 5.38. The summed E-state index contributed by atoms with van der Waals surface area (Å²) < 4.78 is 10.9. The number of anilines is 1. The van der Waals surface area contributed by atoms with Crippen LogP contribution in [0.4, 0.5) is 5.69 Å². The van der Waals surface area contributed by atoms with Gasteiger partial charge >= 0.3 is 0 Å². The quantitative estimate of drug-likeness (QED) is 0.379. The van der Waals surface area contributed by atoms with Crippen LogP contribution in [0.2, 0.25) is 0 Å². The lowest BCUT2D eigenvalue weighted by molar-refractivity contribution is -0.111. The Hall–Kier alpha value is -3.80. The molecule has 0 bridgehead atoms. The fourth-order valence-corrected chi connectivity index (χ4v) is 2.82. The first-order chi connectivity index (χ1) is 13.6. The third-order valence-electron chi connectivity index (χ3n) is 4.30. The Kier molecular flexibility index (Phi) is 4.68. The molecular formula is C22H18N2O4. The normalized spacial score (nSPS) is 11.3. The maximum absolute atomic E-state index is 12.1. The molecule has 6 nitrogen and oxygen atoms in total. The molecule has 2 aromatic carbocycles. The zero-order valence-electron chi connectivity index (χ0n) is 15.2. The van der Waals surface area contributed by atoms with Crippen molar-refractivity contribution in [2.24, 2.45) is 0 Å². The van der Waals surface area contributed by atoms with Gasteiger partial charge in [0.25, 0.3) is 0 Å². The van der Waals surface area contributed by atoms with Crippen LogP contribution in [-0.2, 0) is 11.2 Å². The monoisotopic (exact) mass is 374 g/mol. The van der Waals surface area contributed by atoms with Crippen LogP contribution < -0.4 is 5.32 Å². The highest BCUT2D eigenvalue weighted by molar-refractivity contribution is 6.02. The predicted octanol–water partition coefficient (Wildman–Crippen LogP) is 5.01. The zero-order chi connectivity index (χ0) is 19.5. The second-order valence-electron chi connectivity index (χ2n) is 6.24. The summed E-state index contributed by atoms with van der Waals surface area (Å²) in [4.78, 5) is 16.6. The van der Waals surface area contributed by atoms with Crippen molar-refractivity contribution >= 4 is 28.8 Å². The molecule has 1 amide bonds. The van der Waals surface area contributed by atoms with E-state index in [4.69, 9.17) is 8.83 Å². The first-order valence-corrected chi connectivity index (χ1v) is 8.88. The number of carbonyl (C=O) groups is 1. The third-order valence-corrected chi connectivity index (χ3v) is 4.30. The fourth-order valence-electron chi connectivity index (χ4n) is 2.82. The van der Waals surface area contributed by atoms with Crippen LogP contribution in [0.3, 0.4) is 0 Å². The molecule has 0 aliphatic rings. The van der Waals surface area contributed by atoms with Gasteiger partial charge in [-0.15, -0.1) is 0 Å². The smallest absolute Gasteiger partial charge is 0.248 e. The van der Waals surface area contributed by atoms with E-state index in [1.807, 2.05) is 18.2 Å². The van der Waals surface area contributed by atoms with Crippen molar-refractivity contribution in [1.82, 2.24) is 4.98 Å². The van der Waals surface area contributed by atoms with Crippen LogP contribution in [0.1, 0.15) is 18.2 Å². The van der Waals surface area contributed by atoms with E-state index in [-0.39, 0.29) is 11.7 Å². The van der Waals surface area contributed by atoms with E-state index in [2.05, 4.69) is 17.2 Å². The molecule has 0 saturated carbocycles. The molecule has 4 aromatic rings.